The summed E-state index contributed by atoms with van der Waals surface area (Å²) in [6, 6.07) is 6.86. The van der Waals surface area contributed by atoms with Gasteiger partial charge in [-0.25, -0.2) is 13.3 Å². The van der Waals surface area contributed by atoms with Crippen molar-refractivity contribution in [2.75, 3.05) is 13.7 Å². The van der Waals surface area contributed by atoms with Crippen LogP contribution in [-0.2, 0) is 15.4 Å². The Hall–Kier alpha value is -1.60. The Balaban J connectivity index is 2.53. The van der Waals surface area contributed by atoms with Crippen molar-refractivity contribution < 1.29 is 22.7 Å². The number of unbranched alkanes of at least 4 members (excludes halogenated alkanes) is 3. The molecule has 1 rings (SSSR count). The van der Waals surface area contributed by atoms with Crippen LogP contribution in [0.25, 0.3) is 0 Å². The van der Waals surface area contributed by atoms with E-state index in [1.807, 2.05) is 13.8 Å². The molecule has 0 aliphatic rings. The van der Waals surface area contributed by atoms with Crippen molar-refractivity contribution in [1.29, 1.82) is 0 Å². The third-order valence-corrected chi connectivity index (χ3v) is 4.04. The summed E-state index contributed by atoms with van der Waals surface area (Å²) in [5.74, 6) is 0.739. The molecule has 0 saturated heterocycles. The number of hydrogen-bond acceptors (Lipinski definition) is 5. The predicted molar refractivity (Wildman–Crippen MR) is 94.2 cm³/mol. The van der Waals surface area contributed by atoms with Crippen molar-refractivity contribution in [3.63, 3.8) is 0 Å². The molecule has 136 valence electrons. The van der Waals surface area contributed by atoms with Crippen molar-refractivity contribution in [2.24, 2.45) is 0 Å². The SMILES string of the molecule is CCCCCCOS(=O)N(C)C(=O)Oc1ccccc1OC(C)C. The minimum atomic E-state index is -1.87. The van der Waals surface area contributed by atoms with Crippen molar-refractivity contribution in [1.82, 2.24) is 4.31 Å². The van der Waals surface area contributed by atoms with Gasteiger partial charge in [-0.05, 0) is 32.4 Å². The minimum absolute atomic E-state index is 0.0526. The average molecular weight is 357 g/mol. The summed E-state index contributed by atoms with van der Waals surface area (Å²) in [7, 11) is 1.37. The molecular formula is C17H27NO5S. The van der Waals surface area contributed by atoms with Gasteiger partial charge in [-0.15, -0.1) is 0 Å². The van der Waals surface area contributed by atoms with Crippen LogP contribution < -0.4 is 9.47 Å². The van der Waals surface area contributed by atoms with E-state index in [2.05, 4.69) is 6.92 Å². The fourth-order valence-corrected chi connectivity index (χ4v) is 2.42. The van der Waals surface area contributed by atoms with Crippen LogP contribution in [0, 0.1) is 0 Å². The van der Waals surface area contributed by atoms with Gasteiger partial charge < -0.3 is 9.47 Å². The molecule has 0 aliphatic carbocycles. The summed E-state index contributed by atoms with van der Waals surface area (Å²) >= 11 is -1.87. The fraction of sp³-hybridized carbons (Fsp3) is 0.588. The van der Waals surface area contributed by atoms with Crippen LogP contribution in [0.1, 0.15) is 46.5 Å². The lowest BCUT2D eigenvalue weighted by atomic mass is 10.2. The molecule has 24 heavy (non-hydrogen) atoms. The minimum Gasteiger partial charge on any atom is -0.487 e. The Morgan fingerprint density at radius 1 is 1.17 bits per heavy atom. The summed E-state index contributed by atoms with van der Waals surface area (Å²) in [4.78, 5) is 12.1. The molecule has 0 aliphatic heterocycles. The molecule has 0 N–H and O–H groups in total. The first kappa shape index (κ1) is 20.4. The number of rotatable bonds is 10. The Morgan fingerprint density at radius 3 is 2.46 bits per heavy atom. The molecule has 0 radical (unpaired) electrons. The van der Waals surface area contributed by atoms with Gasteiger partial charge in [0.25, 0.3) is 11.3 Å². The van der Waals surface area contributed by atoms with Crippen molar-refractivity contribution in [2.45, 2.75) is 52.6 Å². The van der Waals surface area contributed by atoms with Crippen molar-refractivity contribution in [3.05, 3.63) is 24.3 Å². The summed E-state index contributed by atoms with van der Waals surface area (Å²) < 4.78 is 28.9. The molecule has 6 nitrogen and oxygen atoms in total. The fourth-order valence-electron chi connectivity index (χ4n) is 1.84. The zero-order chi connectivity index (χ0) is 17.9. The van der Waals surface area contributed by atoms with E-state index in [0.29, 0.717) is 12.4 Å². The maximum absolute atomic E-state index is 12.1. The summed E-state index contributed by atoms with van der Waals surface area (Å²) in [6.45, 7) is 6.22. The standard InChI is InChI=1S/C17H27NO5S/c1-5-6-7-10-13-21-24(20)18(4)17(19)23-16-12-9-8-11-15(16)22-14(2)3/h8-9,11-12,14H,5-7,10,13H2,1-4H3. The average Bonchev–Trinajstić information content (AvgIpc) is 2.55. The third kappa shape index (κ3) is 7.31. The van der Waals surface area contributed by atoms with E-state index in [4.69, 9.17) is 13.7 Å². The summed E-state index contributed by atoms with van der Waals surface area (Å²) in [5, 5.41) is 0. The smallest absolute Gasteiger partial charge is 0.428 e. The molecule has 1 aromatic carbocycles. The number of ether oxygens (including phenoxy) is 2. The molecule has 1 atom stereocenters. The van der Waals surface area contributed by atoms with E-state index in [-0.39, 0.29) is 11.9 Å². The molecule has 1 unspecified atom stereocenters. The lowest BCUT2D eigenvalue weighted by Gasteiger charge is -2.17. The van der Waals surface area contributed by atoms with Gasteiger partial charge in [0.05, 0.1) is 12.7 Å². The molecule has 0 saturated carbocycles. The van der Waals surface area contributed by atoms with Crippen molar-refractivity contribution >= 4 is 17.4 Å². The highest BCUT2D eigenvalue weighted by Crippen LogP contribution is 2.28. The first-order valence-corrected chi connectivity index (χ1v) is 9.25. The Bertz CT molecular complexity index is 535. The van der Waals surface area contributed by atoms with E-state index >= 15 is 0 Å². The van der Waals surface area contributed by atoms with Crippen LogP contribution in [0.15, 0.2) is 24.3 Å². The number of amides is 1. The Kier molecular flexibility index (Phi) is 9.41. The van der Waals surface area contributed by atoms with E-state index < -0.39 is 17.4 Å². The molecule has 0 heterocycles. The predicted octanol–water partition coefficient (Wildman–Crippen LogP) is 4.08. The van der Waals surface area contributed by atoms with Gasteiger partial charge >= 0.3 is 6.09 Å². The van der Waals surface area contributed by atoms with Gasteiger partial charge in [0.1, 0.15) is 0 Å². The highest BCUT2D eigenvalue weighted by molar-refractivity contribution is 7.78. The number of benzene rings is 1. The first-order chi connectivity index (χ1) is 11.5. The van der Waals surface area contributed by atoms with Gasteiger partial charge in [0.15, 0.2) is 11.5 Å². The van der Waals surface area contributed by atoms with Gasteiger partial charge in [-0.1, -0.05) is 38.3 Å². The molecule has 0 spiro atoms. The second-order valence-corrected chi connectivity index (χ2v) is 6.80. The van der Waals surface area contributed by atoms with Crippen LogP contribution in [0.2, 0.25) is 0 Å². The zero-order valence-electron chi connectivity index (χ0n) is 14.8. The zero-order valence-corrected chi connectivity index (χ0v) is 15.6. The number of carbonyl (C=O) groups is 1. The maximum Gasteiger partial charge on any atom is 0.428 e. The van der Waals surface area contributed by atoms with E-state index in [1.54, 1.807) is 24.3 Å². The Morgan fingerprint density at radius 2 is 1.83 bits per heavy atom. The monoisotopic (exact) mass is 357 g/mol. The van der Waals surface area contributed by atoms with E-state index in [1.165, 1.54) is 7.05 Å². The number of hydrogen-bond donors (Lipinski definition) is 0. The van der Waals surface area contributed by atoms with Crippen LogP contribution in [0.3, 0.4) is 0 Å². The lowest BCUT2D eigenvalue weighted by Crippen LogP contribution is -2.32. The topological polar surface area (TPSA) is 65.1 Å². The van der Waals surface area contributed by atoms with Gasteiger partial charge in [0, 0.05) is 7.05 Å². The molecule has 7 heteroatoms. The number of nitrogens with zero attached hydrogens (tertiary/aromatic N) is 1. The quantitative estimate of drug-likeness (QED) is 0.590. The molecule has 0 fully saturated rings. The van der Waals surface area contributed by atoms with Gasteiger partial charge in [0.2, 0.25) is 0 Å². The maximum atomic E-state index is 12.1. The third-order valence-electron chi connectivity index (χ3n) is 3.07. The lowest BCUT2D eigenvalue weighted by molar-refractivity contribution is 0.175. The molecule has 0 bridgehead atoms. The van der Waals surface area contributed by atoms with Crippen LogP contribution in [0.5, 0.6) is 11.5 Å². The second kappa shape index (κ2) is 11.0. The highest BCUT2D eigenvalue weighted by atomic mass is 32.2. The van der Waals surface area contributed by atoms with E-state index in [0.717, 1.165) is 30.0 Å². The first-order valence-electron chi connectivity index (χ1n) is 8.22. The molecule has 1 amide bonds. The second-order valence-electron chi connectivity index (χ2n) is 5.58. The largest absolute Gasteiger partial charge is 0.487 e. The molecular weight excluding hydrogens is 330 g/mol. The normalized spacial score (nSPS) is 12.0. The number of para-hydroxylation sites is 2. The van der Waals surface area contributed by atoms with Crippen LogP contribution >= 0.6 is 0 Å². The van der Waals surface area contributed by atoms with E-state index in [9.17, 15) is 9.00 Å². The molecule has 1 aromatic rings. The summed E-state index contributed by atoms with van der Waals surface area (Å²) in [6.07, 6.45) is 3.24. The summed E-state index contributed by atoms with van der Waals surface area (Å²) in [5.41, 5.74) is 0. The van der Waals surface area contributed by atoms with Crippen molar-refractivity contribution in [3.8, 4) is 11.5 Å². The number of carbonyl (C=O) groups excluding carboxylic acids is 1. The van der Waals surface area contributed by atoms with Crippen LogP contribution in [0.4, 0.5) is 4.79 Å². The highest BCUT2D eigenvalue weighted by Gasteiger charge is 2.20. The van der Waals surface area contributed by atoms with Gasteiger partial charge in [-0.2, -0.15) is 0 Å². The molecule has 0 aromatic heterocycles. The Labute approximate surface area is 146 Å². The van der Waals surface area contributed by atoms with Crippen LogP contribution in [-0.4, -0.2) is 34.4 Å². The van der Waals surface area contributed by atoms with Gasteiger partial charge in [-0.3, -0.25) is 4.18 Å².